The summed E-state index contributed by atoms with van der Waals surface area (Å²) in [6, 6.07) is 0.315. The molecule has 0 heterocycles. The van der Waals surface area contributed by atoms with Gasteiger partial charge in [-0.3, -0.25) is 4.79 Å². The van der Waals surface area contributed by atoms with Gasteiger partial charge in [-0.15, -0.1) is 0 Å². The molecule has 2 aliphatic rings. The van der Waals surface area contributed by atoms with Gasteiger partial charge in [-0.25, -0.2) is 0 Å². The van der Waals surface area contributed by atoms with Crippen molar-refractivity contribution in [2.45, 2.75) is 96.7 Å². The van der Waals surface area contributed by atoms with Crippen molar-refractivity contribution in [2.24, 2.45) is 5.41 Å². The van der Waals surface area contributed by atoms with Crippen LogP contribution in [-0.4, -0.2) is 24.2 Å². The van der Waals surface area contributed by atoms with E-state index in [1.54, 1.807) is 0 Å². The van der Waals surface area contributed by atoms with Crippen LogP contribution in [0.2, 0.25) is 0 Å². The highest BCUT2D eigenvalue weighted by atomic mass is 16.5. The zero-order chi connectivity index (χ0) is 14.6. The lowest BCUT2D eigenvalue weighted by Gasteiger charge is -2.35. The first-order valence-corrected chi connectivity index (χ1v) is 8.43. The summed E-state index contributed by atoms with van der Waals surface area (Å²) in [5.74, 6) is -0.0324. The summed E-state index contributed by atoms with van der Waals surface area (Å²) < 4.78 is 5.74. The Morgan fingerprint density at radius 2 is 1.55 bits per heavy atom. The lowest BCUT2D eigenvalue weighted by molar-refractivity contribution is -0.154. The van der Waals surface area contributed by atoms with E-state index < -0.39 is 0 Å². The third kappa shape index (κ3) is 4.47. The number of hydrogen-bond acceptors (Lipinski definition) is 3. The van der Waals surface area contributed by atoms with Gasteiger partial charge in [-0.2, -0.15) is 0 Å². The molecule has 2 aliphatic carbocycles. The average molecular weight is 281 g/mol. The molecule has 3 nitrogen and oxygen atoms in total. The van der Waals surface area contributed by atoms with E-state index in [4.69, 9.17) is 4.74 Å². The fourth-order valence-electron chi connectivity index (χ4n) is 3.42. The van der Waals surface area contributed by atoms with Gasteiger partial charge in [0.2, 0.25) is 0 Å². The van der Waals surface area contributed by atoms with Gasteiger partial charge in [-0.1, -0.05) is 40.0 Å². The predicted molar refractivity (Wildman–Crippen MR) is 81.6 cm³/mol. The first-order valence-electron chi connectivity index (χ1n) is 8.43. The second-order valence-corrected chi connectivity index (χ2v) is 7.64. The molecule has 0 spiro atoms. The molecule has 3 heteroatoms. The number of hydrogen-bond donors (Lipinski definition) is 1. The van der Waals surface area contributed by atoms with E-state index in [-0.39, 0.29) is 23.5 Å². The monoisotopic (exact) mass is 281 g/mol. The standard InChI is InChI=1S/C17H31NO2/c1-17(2,3)15(18-13-9-5-4-6-10-13)16(19)20-14-11-7-8-12-14/h13-15,18H,4-12H2,1-3H3. The summed E-state index contributed by atoms with van der Waals surface area (Å²) in [4.78, 5) is 12.5. The van der Waals surface area contributed by atoms with Gasteiger partial charge in [0.05, 0.1) is 0 Å². The number of carbonyl (C=O) groups excluding carboxylic acids is 1. The highest BCUT2D eigenvalue weighted by Gasteiger charge is 2.36. The van der Waals surface area contributed by atoms with Crippen LogP contribution in [0.25, 0.3) is 0 Å². The van der Waals surface area contributed by atoms with Crippen molar-refractivity contribution in [3.05, 3.63) is 0 Å². The number of nitrogens with one attached hydrogen (secondary N) is 1. The van der Waals surface area contributed by atoms with Crippen LogP contribution in [0.3, 0.4) is 0 Å². The van der Waals surface area contributed by atoms with Crippen molar-refractivity contribution in [1.82, 2.24) is 5.32 Å². The van der Waals surface area contributed by atoms with E-state index in [9.17, 15) is 4.79 Å². The van der Waals surface area contributed by atoms with Crippen molar-refractivity contribution < 1.29 is 9.53 Å². The zero-order valence-electron chi connectivity index (χ0n) is 13.4. The van der Waals surface area contributed by atoms with E-state index in [1.165, 1.54) is 44.9 Å². The van der Waals surface area contributed by atoms with Gasteiger partial charge in [-0.05, 0) is 43.9 Å². The minimum absolute atomic E-state index is 0.0324. The first-order chi connectivity index (χ1) is 9.47. The van der Waals surface area contributed by atoms with Crippen LogP contribution >= 0.6 is 0 Å². The number of rotatable bonds is 4. The average Bonchev–Trinajstić information content (AvgIpc) is 2.88. The molecular formula is C17H31NO2. The van der Waals surface area contributed by atoms with E-state index in [0.29, 0.717) is 6.04 Å². The molecule has 1 unspecified atom stereocenters. The molecule has 0 radical (unpaired) electrons. The Hall–Kier alpha value is -0.570. The molecule has 2 rings (SSSR count). The Morgan fingerprint density at radius 3 is 2.10 bits per heavy atom. The quantitative estimate of drug-likeness (QED) is 0.796. The molecule has 20 heavy (non-hydrogen) atoms. The summed E-state index contributed by atoms with van der Waals surface area (Å²) in [7, 11) is 0. The molecular weight excluding hydrogens is 250 g/mol. The molecule has 0 aromatic carbocycles. The largest absolute Gasteiger partial charge is 0.461 e. The van der Waals surface area contributed by atoms with Crippen LogP contribution in [0, 0.1) is 5.41 Å². The highest BCUT2D eigenvalue weighted by molar-refractivity contribution is 5.77. The molecule has 1 N–H and O–H groups in total. The SMILES string of the molecule is CC(C)(C)C(NC1CCCCC1)C(=O)OC1CCCC1. The molecule has 2 saturated carbocycles. The van der Waals surface area contributed by atoms with Gasteiger partial charge in [0.1, 0.15) is 12.1 Å². The van der Waals surface area contributed by atoms with Gasteiger partial charge < -0.3 is 10.1 Å². The van der Waals surface area contributed by atoms with E-state index in [0.717, 1.165) is 12.8 Å². The fourth-order valence-corrected chi connectivity index (χ4v) is 3.42. The predicted octanol–water partition coefficient (Wildman–Crippen LogP) is 3.81. The summed E-state index contributed by atoms with van der Waals surface area (Å²) in [6.45, 7) is 6.39. The Balaban J connectivity index is 1.93. The normalized spacial score (nSPS) is 23.8. The van der Waals surface area contributed by atoms with Gasteiger partial charge in [0.25, 0.3) is 0 Å². The minimum atomic E-state index is -0.175. The van der Waals surface area contributed by atoms with Crippen LogP contribution in [0.1, 0.15) is 78.6 Å². The number of esters is 1. The van der Waals surface area contributed by atoms with Crippen molar-refractivity contribution in [3.8, 4) is 0 Å². The zero-order valence-corrected chi connectivity index (χ0v) is 13.4. The maximum absolute atomic E-state index is 12.5. The van der Waals surface area contributed by atoms with Crippen LogP contribution in [0.15, 0.2) is 0 Å². The maximum atomic E-state index is 12.5. The van der Waals surface area contributed by atoms with Crippen LogP contribution in [0.5, 0.6) is 0 Å². The third-order valence-corrected chi connectivity index (χ3v) is 4.69. The molecule has 0 saturated heterocycles. The smallest absolute Gasteiger partial charge is 0.323 e. The van der Waals surface area contributed by atoms with Crippen molar-refractivity contribution in [3.63, 3.8) is 0 Å². The van der Waals surface area contributed by atoms with Crippen LogP contribution < -0.4 is 5.32 Å². The molecule has 0 aromatic heterocycles. The van der Waals surface area contributed by atoms with Crippen molar-refractivity contribution >= 4 is 5.97 Å². The second kappa shape index (κ2) is 6.93. The minimum Gasteiger partial charge on any atom is -0.461 e. The maximum Gasteiger partial charge on any atom is 0.323 e. The lowest BCUT2D eigenvalue weighted by Crippen LogP contribution is -2.52. The van der Waals surface area contributed by atoms with Gasteiger partial charge >= 0.3 is 5.97 Å². The van der Waals surface area contributed by atoms with E-state index >= 15 is 0 Å². The fraction of sp³-hybridized carbons (Fsp3) is 0.941. The lowest BCUT2D eigenvalue weighted by atomic mass is 9.84. The Morgan fingerprint density at radius 1 is 1.00 bits per heavy atom. The van der Waals surface area contributed by atoms with Crippen molar-refractivity contribution in [2.75, 3.05) is 0 Å². The summed E-state index contributed by atoms with van der Waals surface area (Å²) in [5, 5.41) is 3.60. The van der Waals surface area contributed by atoms with E-state index in [2.05, 4.69) is 26.1 Å². The molecule has 2 fully saturated rings. The molecule has 0 bridgehead atoms. The van der Waals surface area contributed by atoms with Crippen LogP contribution in [0.4, 0.5) is 0 Å². The van der Waals surface area contributed by atoms with Crippen molar-refractivity contribution in [1.29, 1.82) is 0 Å². The number of ether oxygens (including phenoxy) is 1. The summed E-state index contributed by atoms with van der Waals surface area (Å²) >= 11 is 0. The Labute approximate surface area is 123 Å². The Bertz CT molecular complexity index is 309. The molecule has 0 aromatic rings. The van der Waals surface area contributed by atoms with Gasteiger partial charge in [0, 0.05) is 6.04 Å². The number of carbonyl (C=O) groups is 1. The third-order valence-electron chi connectivity index (χ3n) is 4.69. The Kier molecular flexibility index (Phi) is 5.48. The summed E-state index contributed by atoms with van der Waals surface area (Å²) in [6.07, 6.45) is 11.0. The summed E-state index contributed by atoms with van der Waals surface area (Å²) in [5.41, 5.74) is -0.0901. The van der Waals surface area contributed by atoms with Crippen LogP contribution in [-0.2, 0) is 9.53 Å². The molecule has 116 valence electrons. The first kappa shape index (κ1) is 15.8. The van der Waals surface area contributed by atoms with E-state index in [1.807, 2.05) is 0 Å². The molecule has 1 atom stereocenters. The molecule has 0 aliphatic heterocycles. The molecule has 0 amide bonds. The van der Waals surface area contributed by atoms with Gasteiger partial charge in [0.15, 0.2) is 0 Å². The second-order valence-electron chi connectivity index (χ2n) is 7.64. The topological polar surface area (TPSA) is 38.3 Å². The highest BCUT2D eigenvalue weighted by Crippen LogP contribution is 2.27.